The third-order valence-corrected chi connectivity index (χ3v) is 4.36. The number of carbonyl (C=O) groups excluding carboxylic acids is 2. The standard InChI is InChI=1S/C20H20N2O7/c1-3-13-4-6-14(7-5-13)21-19(23)12(2)29-20(24)15-10-17-18(28-9-8-27-17)11-16(15)22(25)26/h4-7,10-12H,3,8-9H2,1-2H3,(H,21,23)/t12-/m0/s1. The Morgan fingerprint density at radius 2 is 1.79 bits per heavy atom. The normalized spacial score (nSPS) is 13.3. The molecule has 2 aromatic carbocycles. The summed E-state index contributed by atoms with van der Waals surface area (Å²) in [5.74, 6) is -1.16. The molecule has 0 fully saturated rings. The minimum Gasteiger partial charge on any atom is -0.486 e. The van der Waals surface area contributed by atoms with Gasteiger partial charge in [0.1, 0.15) is 18.8 Å². The molecule has 9 nitrogen and oxygen atoms in total. The highest BCUT2D eigenvalue weighted by atomic mass is 16.6. The highest BCUT2D eigenvalue weighted by molar-refractivity contribution is 5.99. The van der Waals surface area contributed by atoms with Gasteiger partial charge in [-0.05, 0) is 31.0 Å². The first-order valence-corrected chi connectivity index (χ1v) is 9.08. The van der Waals surface area contributed by atoms with Gasteiger partial charge in [-0.2, -0.15) is 0 Å². The van der Waals surface area contributed by atoms with Gasteiger partial charge in [0, 0.05) is 11.8 Å². The number of amides is 1. The van der Waals surface area contributed by atoms with Gasteiger partial charge in [-0.3, -0.25) is 14.9 Å². The van der Waals surface area contributed by atoms with Crippen LogP contribution < -0.4 is 14.8 Å². The molecule has 29 heavy (non-hydrogen) atoms. The van der Waals surface area contributed by atoms with Crippen LogP contribution in [0, 0.1) is 10.1 Å². The molecule has 0 saturated carbocycles. The zero-order chi connectivity index (χ0) is 21.0. The number of benzene rings is 2. The van der Waals surface area contributed by atoms with Crippen LogP contribution in [0.1, 0.15) is 29.8 Å². The molecule has 1 N–H and O–H groups in total. The first kappa shape index (κ1) is 20.1. The van der Waals surface area contributed by atoms with E-state index in [2.05, 4.69) is 5.32 Å². The van der Waals surface area contributed by atoms with Crippen LogP contribution in [0.5, 0.6) is 11.5 Å². The molecule has 0 aliphatic carbocycles. The quantitative estimate of drug-likeness (QED) is 0.450. The van der Waals surface area contributed by atoms with Crippen molar-refractivity contribution in [3.63, 3.8) is 0 Å². The minimum absolute atomic E-state index is 0.181. The van der Waals surface area contributed by atoms with Crippen molar-refractivity contribution in [2.45, 2.75) is 26.4 Å². The fraction of sp³-hybridized carbons (Fsp3) is 0.300. The molecule has 152 valence electrons. The molecule has 0 saturated heterocycles. The molecule has 0 unspecified atom stereocenters. The summed E-state index contributed by atoms with van der Waals surface area (Å²) in [5, 5.41) is 14.0. The van der Waals surface area contributed by atoms with E-state index in [0.29, 0.717) is 5.69 Å². The number of rotatable bonds is 6. The second-order valence-electron chi connectivity index (χ2n) is 6.36. The first-order valence-electron chi connectivity index (χ1n) is 9.08. The van der Waals surface area contributed by atoms with E-state index in [1.54, 1.807) is 12.1 Å². The maximum absolute atomic E-state index is 12.5. The number of hydrogen-bond acceptors (Lipinski definition) is 7. The molecular weight excluding hydrogens is 380 g/mol. The Morgan fingerprint density at radius 1 is 1.17 bits per heavy atom. The van der Waals surface area contributed by atoms with E-state index >= 15 is 0 Å². The monoisotopic (exact) mass is 400 g/mol. The predicted octanol–water partition coefficient (Wildman–Crippen LogP) is 3.11. The molecular formula is C20H20N2O7. The number of nitrogens with one attached hydrogen (secondary N) is 1. The number of nitro benzene ring substituents is 1. The van der Waals surface area contributed by atoms with E-state index in [-0.39, 0.29) is 30.3 Å². The van der Waals surface area contributed by atoms with Gasteiger partial charge >= 0.3 is 5.97 Å². The number of nitrogens with zero attached hydrogens (tertiary/aromatic N) is 1. The maximum atomic E-state index is 12.5. The van der Waals surface area contributed by atoms with Gasteiger partial charge in [0.2, 0.25) is 0 Å². The third-order valence-electron chi connectivity index (χ3n) is 4.36. The molecule has 0 spiro atoms. The van der Waals surface area contributed by atoms with Gasteiger partial charge in [0.05, 0.1) is 11.0 Å². The van der Waals surface area contributed by atoms with Crippen molar-refractivity contribution >= 4 is 23.3 Å². The fourth-order valence-electron chi connectivity index (χ4n) is 2.74. The molecule has 1 aliphatic heterocycles. The van der Waals surface area contributed by atoms with Crippen molar-refractivity contribution in [3.8, 4) is 11.5 Å². The summed E-state index contributed by atoms with van der Waals surface area (Å²) >= 11 is 0. The molecule has 0 bridgehead atoms. The molecule has 3 rings (SSSR count). The van der Waals surface area contributed by atoms with Crippen LogP contribution >= 0.6 is 0 Å². The molecule has 1 atom stereocenters. The van der Waals surface area contributed by atoms with Crippen LogP contribution in [-0.2, 0) is 16.0 Å². The number of aryl methyl sites for hydroxylation is 1. The average molecular weight is 400 g/mol. The average Bonchev–Trinajstić information content (AvgIpc) is 2.73. The van der Waals surface area contributed by atoms with Gasteiger partial charge < -0.3 is 19.5 Å². The summed E-state index contributed by atoms with van der Waals surface area (Å²) in [5.41, 5.74) is 0.877. The van der Waals surface area contributed by atoms with Crippen molar-refractivity contribution in [1.29, 1.82) is 0 Å². The summed E-state index contributed by atoms with van der Waals surface area (Å²) < 4.78 is 15.8. The summed E-state index contributed by atoms with van der Waals surface area (Å²) in [6, 6.07) is 9.57. The number of ether oxygens (including phenoxy) is 3. The fourth-order valence-corrected chi connectivity index (χ4v) is 2.74. The minimum atomic E-state index is -1.17. The number of esters is 1. The lowest BCUT2D eigenvalue weighted by Gasteiger charge is -2.19. The van der Waals surface area contributed by atoms with Crippen LogP contribution in [0.15, 0.2) is 36.4 Å². The van der Waals surface area contributed by atoms with E-state index in [1.165, 1.54) is 13.0 Å². The van der Waals surface area contributed by atoms with Crippen molar-refractivity contribution < 1.29 is 28.7 Å². The Kier molecular flexibility index (Phi) is 5.96. The maximum Gasteiger partial charge on any atom is 0.346 e. The van der Waals surface area contributed by atoms with Gasteiger partial charge in [0.25, 0.3) is 11.6 Å². The number of anilines is 1. The number of nitro groups is 1. The van der Waals surface area contributed by atoms with Crippen molar-refractivity contribution in [3.05, 3.63) is 57.6 Å². The Balaban J connectivity index is 1.73. The van der Waals surface area contributed by atoms with Crippen molar-refractivity contribution in [2.75, 3.05) is 18.5 Å². The SMILES string of the molecule is CCc1ccc(NC(=O)[C@H](C)OC(=O)c2cc3c(cc2[N+](=O)[O-])OCCO3)cc1. The molecule has 9 heteroatoms. The number of fused-ring (bicyclic) bond motifs is 1. The lowest BCUT2D eigenvalue weighted by atomic mass is 10.1. The van der Waals surface area contributed by atoms with Gasteiger partial charge in [-0.25, -0.2) is 4.79 Å². The zero-order valence-electron chi connectivity index (χ0n) is 16.0. The van der Waals surface area contributed by atoms with Gasteiger partial charge in [-0.1, -0.05) is 19.1 Å². The van der Waals surface area contributed by atoms with Crippen molar-refractivity contribution in [1.82, 2.24) is 0 Å². The second-order valence-corrected chi connectivity index (χ2v) is 6.36. The topological polar surface area (TPSA) is 117 Å². The van der Waals surface area contributed by atoms with Crippen molar-refractivity contribution in [2.24, 2.45) is 0 Å². The number of carbonyl (C=O) groups is 2. The van der Waals surface area contributed by atoms with E-state index in [4.69, 9.17) is 14.2 Å². The van der Waals surface area contributed by atoms with Crippen LogP contribution in [0.2, 0.25) is 0 Å². The molecule has 1 heterocycles. The Hall–Kier alpha value is -3.62. The Labute approximate surface area is 166 Å². The second kappa shape index (κ2) is 8.59. The molecule has 1 aliphatic rings. The first-order chi connectivity index (χ1) is 13.9. The van der Waals surface area contributed by atoms with E-state index in [1.807, 2.05) is 19.1 Å². The van der Waals surface area contributed by atoms with Crippen LogP contribution in [0.4, 0.5) is 11.4 Å². The third kappa shape index (κ3) is 4.63. The van der Waals surface area contributed by atoms with Gasteiger partial charge in [0.15, 0.2) is 17.6 Å². The highest BCUT2D eigenvalue weighted by Crippen LogP contribution is 2.37. The molecule has 0 aromatic heterocycles. The molecule has 2 aromatic rings. The summed E-state index contributed by atoms with van der Waals surface area (Å²) in [4.78, 5) is 35.5. The lowest BCUT2D eigenvalue weighted by molar-refractivity contribution is -0.385. The molecule has 0 radical (unpaired) electrons. The van der Waals surface area contributed by atoms with Crippen LogP contribution in [0.3, 0.4) is 0 Å². The molecule has 1 amide bonds. The van der Waals surface area contributed by atoms with E-state index in [0.717, 1.165) is 18.1 Å². The summed E-state index contributed by atoms with van der Waals surface area (Å²) in [6.45, 7) is 3.92. The van der Waals surface area contributed by atoms with E-state index in [9.17, 15) is 19.7 Å². The smallest absolute Gasteiger partial charge is 0.346 e. The van der Waals surface area contributed by atoms with Gasteiger partial charge in [-0.15, -0.1) is 0 Å². The highest BCUT2D eigenvalue weighted by Gasteiger charge is 2.29. The summed E-state index contributed by atoms with van der Waals surface area (Å²) in [6.07, 6.45) is -0.294. The Morgan fingerprint density at radius 3 is 2.38 bits per heavy atom. The van der Waals surface area contributed by atoms with Crippen LogP contribution in [0.25, 0.3) is 0 Å². The predicted molar refractivity (Wildman–Crippen MR) is 103 cm³/mol. The largest absolute Gasteiger partial charge is 0.486 e. The van der Waals surface area contributed by atoms with Crippen LogP contribution in [-0.4, -0.2) is 36.1 Å². The summed E-state index contributed by atoms with van der Waals surface area (Å²) in [7, 11) is 0. The number of hydrogen-bond donors (Lipinski definition) is 1. The van der Waals surface area contributed by atoms with E-state index < -0.39 is 28.6 Å². The Bertz CT molecular complexity index is 941. The zero-order valence-corrected chi connectivity index (χ0v) is 16.0. The lowest BCUT2D eigenvalue weighted by Crippen LogP contribution is -2.30.